The van der Waals surface area contributed by atoms with Crippen LogP contribution in [0.2, 0.25) is 0 Å². The van der Waals surface area contributed by atoms with Crippen molar-refractivity contribution in [3.05, 3.63) is 54.9 Å². The first-order valence-electron chi connectivity index (χ1n) is 9.01. The van der Waals surface area contributed by atoms with Gasteiger partial charge in [0.15, 0.2) is 5.65 Å². The van der Waals surface area contributed by atoms with Gasteiger partial charge in [-0.25, -0.2) is 9.50 Å². The molecular formula is C20H24N6. The molecule has 26 heavy (non-hydrogen) atoms. The first-order chi connectivity index (χ1) is 12.7. The van der Waals surface area contributed by atoms with Gasteiger partial charge in [-0.05, 0) is 43.3 Å². The largest absolute Gasteiger partial charge is 0.385 e. The number of likely N-dealkylation sites (N-methyl/N-ethyl adjacent to an activating group) is 1. The van der Waals surface area contributed by atoms with Gasteiger partial charge in [0, 0.05) is 37.1 Å². The fourth-order valence-corrected chi connectivity index (χ4v) is 3.22. The third kappa shape index (κ3) is 3.41. The SMILES string of the molecule is C=C1NCCCN(C)CCNc2ccn3ncc(c3n2)-c2cccc1c2. The standard InChI is InChI=1S/C20H24N6/c1-15-16-5-3-6-17(13-16)18-14-23-26-11-7-19(24-20(18)26)22-9-12-25(2)10-4-8-21-15/h3,5-7,11,13-14,21H,1,4,8-10,12H2,2H3,(H,22,24). The minimum Gasteiger partial charge on any atom is -0.385 e. The minimum absolute atomic E-state index is 0.853. The summed E-state index contributed by atoms with van der Waals surface area (Å²) in [6.07, 6.45) is 4.90. The van der Waals surface area contributed by atoms with Crippen molar-refractivity contribution < 1.29 is 0 Å². The number of hydrogen-bond acceptors (Lipinski definition) is 5. The lowest BCUT2D eigenvalue weighted by Gasteiger charge is -2.18. The second kappa shape index (κ2) is 7.17. The van der Waals surface area contributed by atoms with Crippen molar-refractivity contribution in [2.75, 3.05) is 38.5 Å². The molecule has 0 fully saturated rings. The molecule has 2 aromatic heterocycles. The van der Waals surface area contributed by atoms with Crippen LogP contribution in [0.3, 0.4) is 0 Å². The van der Waals surface area contributed by atoms with Crippen LogP contribution in [-0.4, -0.2) is 52.7 Å². The number of anilines is 1. The number of benzene rings is 1. The lowest BCUT2D eigenvalue weighted by molar-refractivity contribution is 0.341. The molecule has 0 saturated heterocycles. The van der Waals surface area contributed by atoms with Gasteiger partial charge in [0.2, 0.25) is 0 Å². The zero-order valence-electron chi connectivity index (χ0n) is 15.1. The van der Waals surface area contributed by atoms with E-state index in [0.717, 1.165) is 66.5 Å². The van der Waals surface area contributed by atoms with Crippen LogP contribution in [0, 0.1) is 0 Å². The van der Waals surface area contributed by atoms with Gasteiger partial charge < -0.3 is 15.5 Å². The van der Waals surface area contributed by atoms with Crippen LogP contribution in [0.1, 0.15) is 12.0 Å². The normalized spacial score (nSPS) is 16.4. The molecule has 3 aromatic rings. The topological polar surface area (TPSA) is 57.5 Å². The van der Waals surface area contributed by atoms with Crippen molar-refractivity contribution in [3.63, 3.8) is 0 Å². The highest BCUT2D eigenvalue weighted by molar-refractivity contribution is 5.80. The summed E-state index contributed by atoms with van der Waals surface area (Å²) in [6.45, 7) is 7.99. The summed E-state index contributed by atoms with van der Waals surface area (Å²) < 4.78 is 1.81. The maximum atomic E-state index is 4.78. The molecule has 6 heteroatoms. The summed E-state index contributed by atoms with van der Waals surface area (Å²) in [5.74, 6) is 0.877. The van der Waals surface area contributed by atoms with E-state index in [1.165, 1.54) is 0 Å². The molecule has 1 aliphatic heterocycles. The molecule has 3 heterocycles. The molecule has 134 valence electrons. The van der Waals surface area contributed by atoms with Crippen LogP contribution in [0.15, 0.2) is 49.3 Å². The van der Waals surface area contributed by atoms with E-state index in [4.69, 9.17) is 4.98 Å². The van der Waals surface area contributed by atoms with E-state index in [9.17, 15) is 0 Å². The van der Waals surface area contributed by atoms with Crippen LogP contribution >= 0.6 is 0 Å². The van der Waals surface area contributed by atoms with Gasteiger partial charge in [-0.2, -0.15) is 5.10 Å². The lowest BCUT2D eigenvalue weighted by atomic mass is 10.0. The van der Waals surface area contributed by atoms with Crippen molar-refractivity contribution in [1.29, 1.82) is 0 Å². The van der Waals surface area contributed by atoms with Crippen LogP contribution in [0.5, 0.6) is 0 Å². The van der Waals surface area contributed by atoms with Crippen LogP contribution in [0.4, 0.5) is 5.82 Å². The average molecular weight is 348 g/mol. The minimum atomic E-state index is 0.853. The Bertz CT molecular complexity index is 929. The van der Waals surface area contributed by atoms with Gasteiger partial charge in [0.25, 0.3) is 0 Å². The van der Waals surface area contributed by atoms with Gasteiger partial charge in [-0.1, -0.05) is 24.8 Å². The summed E-state index contributed by atoms with van der Waals surface area (Å²) in [5.41, 5.74) is 5.01. The summed E-state index contributed by atoms with van der Waals surface area (Å²) >= 11 is 0. The fraction of sp³-hybridized carbons (Fsp3) is 0.300. The Labute approximate surface area is 153 Å². The first kappa shape index (κ1) is 16.6. The van der Waals surface area contributed by atoms with Crippen molar-refractivity contribution in [3.8, 4) is 11.1 Å². The lowest BCUT2D eigenvalue weighted by Crippen LogP contribution is -2.28. The molecule has 2 N–H and O–H groups in total. The molecule has 0 amide bonds. The highest BCUT2D eigenvalue weighted by Crippen LogP contribution is 2.26. The van der Waals surface area contributed by atoms with Gasteiger partial charge in [-0.15, -0.1) is 0 Å². The number of nitrogens with zero attached hydrogens (tertiary/aromatic N) is 4. The summed E-state index contributed by atoms with van der Waals surface area (Å²) in [5, 5.41) is 11.3. The summed E-state index contributed by atoms with van der Waals surface area (Å²) in [7, 11) is 2.15. The number of hydrogen-bond donors (Lipinski definition) is 2. The van der Waals surface area contributed by atoms with Crippen LogP contribution in [0.25, 0.3) is 22.5 Å². The van der Waals surface area contributed by atoms with E-state index in [1.807, 2.05) is 23.0 Å². The number of nitrogens with one attached hydrogen (secondary N) is 2. The Kier molecular flexibility index (Phi) is 4.58. The molecule has 4 bridgehead atoms. The van der Waals surface area contributed by atoms with Gasteiger partial charge in [0.1, 0.15) is 5.82 Å². The highest BCUT2D eigenvalue weighted by atomic mass is 15.3. The Morgan fingerprint density at radius 3 is 2.88 bits per heavy atom. The smallest absolute Gasteiger partial charge is 0.165 e. The maximum Gasteiger partial charge on any atom is 0.165 e. The second-order valence-corrected chi connectivity index (χ2v) is 6.71. The molecule has 1 aliphatic rings. The fourth-order valence-electron chi connectivity index (χ4n) is 3.22. The molecule has 6 nitrogen and oxygen atoms in total. The molecule has 0 saturated carbocycles. The number of rotatable bonds is 0. The molecule has 0 radical (unpaired) electrons. The van der Waals surface area contributed by atoms with Gasteiger partial charge >= 0.3 is 0 Å². The quantitative estimate of drug-likeness (QED) is 0.654. The zero-order chi connectivity index (χ0) is 17.9. The summed E-state index contributed by atoms with van der Waals surface area (Å²) in [4.78, 5) is 7.10. The van der Waals surface area contributed by atoms with Crippen molar-refractivity contribution in [1.82, 2.24) is 24.8 Å². The Balaban J connectivity index is 1.76. The van der Waals surface area contributed by atoms with E-state index < -0.39 is 0 Å². The van der Waals surface area contributed by atoms with Gasteiger partial charge in [-0.3, -0.25) is 0 Å². The van der Waals surface area contributed by atoms with Gasteiger partial charge in [0.05, 0.1) is 6.20 Å². The van der Waals surface area contributed by atoms with Crippen molar-refractivity contribution >= 4 is 17.2 Å². The van der Waals surface area contributed by atoms with Crippen LogP contribution in [-0.2, 0) is 0 Å². The molecule has 0 aliphatic carbocycles. The van der Waals surface area contributed by atoms with Crippen LogP contribution < -0.4 is 10.6 Å². The number of fused-ring (bicyclic) bond motifs is 4. The van der Waals surface area contributed by atoms with E-state index in [1.54, 1.807) is 0 Å². The second-order valence-electron chi connectivity index (χ2n) is 6.71. The molecule has 0 atom stereocenters. The van der Waals surface area contributed by atoms with E-state index >= 15 is 0 Å². The number of aromatic nitrogens is 3. The average Bonchev–Trinajstić information content (AvgIpc) is 3.08. The molecular weight excluding hydrogens is 324 g/mol. The Morgan fingerprint density at radius 2 is 1.96 bits per heavy atom. The summed E-state index contributed by atoms with van der Waals surface area (Å²) in [6, 6.07) is 10.3. The Morgan fingerprint density at radius 1 is 1.08 bits per heavy atom. The monoisotopic (exact) mass is 348 g/mol. The zero-order valence-corrected chi connectivity index (χ0v) is 15.1. The molecule has 0 unspecified atom stereocenters. The van der Waals surface area contributed by atoms with E-state index in [-0.39, 0.29) is 0 Å². The molecule has 0 spiro atoms. The predicted octanol–water partition coefficient (Wildman–Crippen LogP) is 2.70. The maximum absolute atomic E-state index is 4.78. The van der Waals surface area contributed by atoms with Crippen molar-refractivity contribution in [2.45, 2.75) is 6.42 Å². The Hall–Kier alpha value is -2.86. The highest BCUT2D eigenvalue weighted by Gasteiger charge is 2.11. The van der Waals surface area contributed by atoms with E-state index in [2.05, 4.69) is 58.5 Å². The molecule has 1 aromatic carbocycles. The first-order valence-corrected chi connectivity index (χ1v) is 9.01. The molecule has 4 rings (SSSR count). The predicted molar refractivity (Wildman–Crippen MR) is 106 cm³/mol. The van der Waals surface area contributed by atoms with Crippen molar-refractivity contribution in [2.24, 2.45) is 0 Å². The third-order valence-electron chi connectivity index (χ3n) is 4.75. The van der Waals surface area contributed by atoms with E-state index in [0.29, 0.717) is 0 Å². The third-order valence-corrected chi connectivity index (χ3v) is 4.75.